The Morgan fingerprint density at radius 2 is 1.86 bits per heavy atom. The minimum Gasteiger partial charge on any atom is -0.383 e. The molecule has 1 atom stereocenters. The first-order valence-electron chi connectivity index (χ1n) is 7.46. The summed E-state index contributed by atoms with van der Waals surface area (Å²) >= 11 is 0. The van der Waals surface area contributed by atoms with E-state index in [9.17, 15) is 0 Å². The van der Waals surface area contributed by atoms with Crippen molar-refractivity contribution >= 4 is 11.6 Å². The van der Waals surface area contributed by atoms with Gasteiger partial charge in [0.15, 0.2) is 5.82 Å². The zero-order chi connectivity index (χ0) is 15.7. The van der Waals surface area contributed by atoms with Gasteiger partial charge in [0.05, 0.1) is 12.6 Å². The van der Waals surface area contributed by atoms with E-state index in [0.29, 0.717) is 25.0 Å². The molecule has 1 unspecified atom stereocenters. The van der Waals surface area contributed by atoms with Crippen LogP contribution in [0.25, 0.3) is 0 Å². The van der Waals surface area contributed by atoms with E-state index in [0.717, 1.165) is 24.6 Å². The van der Waals surface area contributed by atoms with Gasteiger partial charge in [0, 0.05) is 26.8 Å². The van der Waals surface area contributed by atoms with Gasteiger partial charge in [0.2, 0.25) is 0 Å². The average molecular weight is 296 g/mol. The second-order valence-electron chi connectivity index (χ2n) is 5.36. The van der Waals surface area contributed by atoms with Crippen molar-refractivity contribution in [2.75, 3.05) is 38.0 Å². The van der Waals surface area contributed by atoms with Gasteiger partial charge in [-0.3, -0.25) is 0 Å². The van der Waals surface area contributed by atoms with Gasteiger partial charge in [-0.25, -0.2) is 9.97 Å². The van der Waals surface area contributed by atoms with Crippen LogP contribution in [0.3, 0.4) is 0 Å². The summed E-state index contributed by atoms with van der Waals surface area (Å²) in [6.07, 6.45) is 1.05. The zero-order valence-electron chi connectivity index (χ0n) is 13.8. The number of ether oxygens (including phenoxy) is 2. The topological polar surface area (TPSA) is 68.3 Å². The van der Waals surface area contributed by atoms with Crippen molar-refractivity contribution in [3.63, 3.8) is 0 Å². The first-order valence-corrected chi connectivity index (χ1v) is 7.46. The number of hydrogen-bond acceptors (Lipinski definition) is 6. The van der Waals surface area contributed by atoms with Gasteiger partial charge in [-0.2, -0.15) is 0 Å². The van der Waals surface area contributed by atoms with Gasteiger partial charge in [-0.05, 0) is 12.3 Å². The minimum absolute atomic E-state index is 0.208. The fraction of sp³-hybridized carbons (Fsp3) is 0.733. The van der Waals surface area contributed by atoms with Gasteiger partial charge in [-0.15, -0.1) is 0 Å². The molecule has 21 heavy (non-hydrogen) atoms. The normalized spacial score (nSPS) is 12.5. The molecular weight excluding hydrogens is 268 g/mol. The number of rotatable bonds is 10. The van der Waals surface area contributed by atoms with Crippen LogP contribution in [0.4, 0.5) is 11.6 Å². The molecule has 0 saturated carbocycles. The van der Waals surface area contributed by atoms with Crippen molar-refractivity contribution in [1.29, 1.82) is 0 Å². The van der Waals surface area contributed by atoms with Crippen molar-refractivity contribution < 1.29 is 9.47 Å². The Morgan fingerprint density at radius 1 is 1.14 bits per heavy atom. The smallest absolute Gasteiger partial charge is 0.158 e. The first kappa shape index (κ1) is 17.7. The molecule has 1 rings (SSSR count). The van der Waals surface area contributed by atoms with Crippen molar-refractivity contribution in [3.05, 3.63) is 11.9 Å². The molecule has 1 heterocycles. The highest BCUT2D eigenvalue weighted by Gasteiger charge is 2.14. The van der Waals surface area contributed by atoms with Gasteiger partial charge in [0.1, 0.15) is 18.2 Å². The molecule has 0 amide bonds. The summed E-state index contributed by atoms with van der Waals surface area (Å²) in [6, 6.07) is 2.14. The second kappa shape index (κ2) is 9.52. The molecule has 6 heteroatoms. The molecule has 0 aliphatic rings. The van der Waals surface area contributed by atoms with Crippen LogP contribution >= 0.6 is 0 Å². The highest BCUT2D eigenvalue weighted by molar-refractivity contribution is 5.48. The molecule has 1 aromatic heterocycles. The standard InChI is InChI=1S/C15H28N4O2/c1-6-7-16-13-8-14(19-15(18-13)10-21-5)17-12(9-20-4)11(2)3/h8,11-12H,6-7,9-10H2,1-5H3,(H2,16,17,18,19). The first-order chi connectivity index (χ1) is 10.1. The lowest BCUT2D eigenvalue weighted by atomic mass is 10.1. The molecule has 0 aromatic carbocycles. The molecule has 1 aromatic rings. The third-order valence-electron chi connectivity index (χ3n) is 3.09. The van der Waals surface area contributed by atoms with E-state index in [4.69, 9.17) is 9.47 Å². The molecule has 0 aliphatic heterocycles. The molecule has 0 aliphatic carbocycles. The maximum absolute atomic E-state index is 5.26. The highest BCUT2D eigenvalue weighted by Crippen LogP contribution is 2.16. The van der Waals surface area contributed by atoms with E-state index in [1.807, 2.05) is 6.07 Å². The van der Waals surface area contributed by atoms with Crippen LogP contribution in [0.5, 0.6) is 0 Å². The van der Waals surface area contributed by atoms with Crippen molar-refractivity contribution in [2.24, 2.45) is 5.92 Å². The quantitative estimate of drug-likeness (QED) is 0.691. The molecule has 120 valence electrons. The molecule has 0 fully saturated rings. The van der Waals surface area contributed by atoms with Gasteiger partial charge < -0.3 is 20.1 Å². The van der Waals surface area contributed by atoms with Gasteiger partial charge in [-0.1, -0.05) is 20.8 Å². The Bertz CT molecular complexity index is 413. The summed E-state index contributed by atoms with van der Waals surface area (Å²) in [6.45, 7) is 8.35. The highest BCUT2D eigenvalue weighted by atomic mass is 16.5. The third-order valence-corrected chi connectivity index (χ3v) is 3.09. The van der Waals surface area contributed by atoms with E-state index in [-0.39, 0.29) is 6.04 Å². The molecule has 0 saturated heterocycles. The molecule has 2 N–H and O–H groups in total. The number of anilines is 2. The molecule has 0 spiro atoms. The number of methoxy groups -OCH3 is 2. The van der Waals surface area contributed by atoms with Crippen LogP contribution in [0.2, 0.25) is 0 Å². The molecule has 0 bridgehead atoms. The van der Waals surface area contributed by atoms with Crippen LogP contribution in [0.15, 0.2) is 6.07 Å². The molecular formula is C15H28N4O2. The fourth-order valence-corrected chi connectivity index (χ4v) is 1.88. The van der Waals surface area contributed by atoms with Crippen LogP contribution in [0.1, 0.15) is 33.0 Å². The van der Waals surface area contributed by atoms with Crippen LogP contribution < -0.4 is 10.6 Å². The van der Waals surface area contributed by atoms with E-state index in [1.165, 1.54) is 0 Å². The maximum atomic E-state index is 5.26. The third kappa shape index (κ3) is 6.27. The summed E-state index contributed by atoms with van der Waals surface area (Å²) in [4.78, 5) is 8.93. The Labute approximate surface area is 127 Å². The lowest BCUT2D eigenvalue weighted by Crippen LogP contribution is -2.31. The van der Waals surface area contributed by atoms with Crippen LogP contribution in [-0.2, 0) is 16.1 Å². The molecule has 6 nitrogen and oxygen atoms in total. The summed E-state index contributed by atoms with van der Waals surface area (Å²) in [5.74, 6) is 2.73. The average Bonchev–Trinajstić information content (AvgIpc) is 2.45. The number of aromatic nitrogens is 2. The lowest BCUT2D eigenvalue weighted by Gasteiger charge is -2.22. The number of nitrogens with one attached hydrogen (secondary N) is 2. The number of hydrogen-bond donors (Lipinski definition) is 2. The zero-order valence-corrected chi connectivity index (χ0v) is 13.8. The van der Waals surface area contributed by atoms with Gasteiger partial charge in [0.25, 0.3) is 0 Å². The summed E-state index contributed by atoms with van der Waals surface area (Å²) in [5.41, 5.74) is 0. The monoisotopic (exact) mass is 296 g/mol. The van der Waals surface area contributed by atoms with Crippen LogP contribution in [0, 0.1) is 5.92 Å². The van der Waals surface area contributed by atoms with E-state index in [1.54, 1.807) is 14.2 Å². The van der Waals surface area contributed by atoms with E-state index < -0.39 is 0 Å². The van der Waals surface area contributed by atoms with E-state index in [2.05, 4.69) is 41.4 Å². The molecule has 0 radical (unpaired) electrons. The van der Waals surface area contributed by atoms with Crippen LogP contribution in [-0.4, -0.2) is 43.4 Å². The van der Waals surface area contributed by atoms with Crippen molar-refractivity contribution in [2.45, 2.75) is 39.8 Å². The maximum Gasteiger partial charge on any atom is 0.158 e. The Hall–Kier alpha value is -1.40. The predicted molar refractivity (Wildman–Crippen MR) is 85.7 cm³/mol. The minimum atomic E-state index is 0.208. The number of nitrogens with zero attached hydrogens (tertiary/aromatic N) is 2. The second-order valence-corrected chi connectivity index (χ2v) is 5.36. The summed E-state index contributed by atoms with van der Waals surface area (Å²) in [7, 11) is 3.35. The SMILES string of the molecule is CCCNc1cc(NC(COC)C(C)C)nc(COC)n1. The fourth-order valence-electron chi connectivity index (χ4n) is 1.88. The predicted octanol–water partition coefficient (Wildman–Crippen LogP) is 2.53. The lowest BCUT2D eigenvalue weighted by molar-refractivity contribution is 0.170. The Morgan fingerprint density at radius 3 is 2.43 bits per heavy atom. The Kier molecular flexibility index (Phi) is 8.00. The van der Waals surface area contributed by atoms with Crippen molar-refractivity contribution in [3.8, 4) is 0 Å². The summed E-state index contributed by atoms with van der Waals surface area (Å²) in [5, 5.41) is 6.71. The van der Waals surface area contributed by atoms with Crippen molar-refractivity contribution in [1.82, 2.24) is 9.97 Å². The largest absolute Gasteiger partial charge is 0.383 e. The van der Waals surface area contributed by atoms with E-state index >= 15 is 0 Å². The van der Waals surface area contributed by atoms with Gasteiger partial charge >= 0.3 is 0 Å². The summed E-state index contributed by atoms with van der Waals surface area (Å²) < 4.78 is 10.4. The Balaban J connectivity index is 2.89.